The molecule has 6 nitrogen and oxygen atoms in total. The van der Waals surface area contributed by atoms with Gasteiger partial charge in [-0.25, -0.2) is 8.42 Å². The van der Waals surface area contributed by atoms with Gasteiger partial charge in [-0.3, -0.25) is 4.79 Å². The van der Waals surface area contributed by atoms with Crippen LogP contribution in [-0.4, -0.2) is 52.5 Å². The fourth-order valence-electron chi connectivity index (χ4n) is 1.79. The minimum absolute atomic E-state index is 0. The van der Waals surface area contributed by atoms with Gasteiger partial charge in [0.1, 0.15) is 0 Å². The van der Waals surface area contributed by atoms with Crippen LogP contribution in [0.25, 0.3) is 0 Å². The second-order valence-electron chi connectivity index (χ2n) is 5.02. The standard InChI is InChI=1S/C14H23N3O3S.ClH/c1-11-5-7-13(8-6-11)21(19,20)16-12(2)14(18)17(4)10-9-15-3;/h5-8,12,15-16H,9-10H2,1-4H3;1H. The number of nitrogens with one attached hydrogen (secondary N) is 2. The molecule has 8 heteroatoms. The van der Waals surface area contributed by atoms with E-state index in [1.165, 1.54) is 17.0 Å². The van der Waals surface area contributed by atoms with Crippen molar-refractivity contribution in [3.8, 4) is 0 Å². The van der Waals surface area contributed by atoms with Crippen LogP contribution in [-0.2, 0) is 14.8 Å². The molecular weight excluding hydrogens is 326 g/mol. The largest absolute Gasteiger partial charge is 0.343 e. The molecule has 0 spiro atoms. The van der Waals surface area contributed by atoms with Gasteiger partial charge in [0.15, 0.2) is 0 Å². The average Bonchev–Trinajstić information content (AvgIpc) is 2.43. The van der Waals surface area contributed by atoms with E-state index in [1.54, 1.807) is 33.2 Å². The molecule has 1 rings (SSSR count). The highest BCUT2D eigenvalue weighted by Crippen LogP contribution is 2.10. The second-order valence-corrected chi connectivity index (χ2v) is 6.73. The average molecular weight is 350 g/mol. The van der Waals surface area contributed by atoms with Crippen molar-refractivity contribution in [3.05, 3.63) is 29.8 Å². The number of hydrogen-bond acceptors (Lipinski definition) is 4. The monoisotopic (exact) mass is 349 g/mol. The van der Waals surface area contributed by atoms with Crippen LogP contribution in [0.4, 0.5) is 0 Å². The molecule has 0 heterocycles. The number of nitrogens with zero attached hydrogens (tertiary/aromatic N) is 1. The predicted molar refractivity (Wildman–Crippen MR) is 89.8 cm³/mol. The summed E-state index contributed by atoms with van der Waals surface area (Å²) in [6.45, 7) is 4.60. The van der Waals surface area contributed by atoms with Gasteiger partial charge >= 0.3 is 0 Å². The zero-order valence-electron chi connectivity index (χ0n) is 13.3. The Morgan fingerprint density at radius 1 is 1.27 bits per heavy atom. The van der Waals surface area contributed by atoms with E-state index in [-0.39, 0.29) is 23.2 Å². The summed E-state index contributed by atoms with van der Waals surface area (Å²) >= 11 is 0. The van der Waals surface area contributed by atoms with Crippen LogP contribution in [0, 0.1) is 6.92 Å². The minimum atomic E-state index is -3.69. The van der Waals surface area contributed by atoms with E-state index in [0.29, 0.717) is 13.1 Å². The molecular formula is C14H24ClN3O3S. The van der Waals surface area contributed by atoms with E-state index >= 15 is 0 Å². The number of halogens is 1. The van der Waals surface area contributed by atoms with Crippen LogP contribution in [0.5, 0.6) is 0 Å². The first-order chi connectivity index (χ1) is 9.77. The summed E-state index contributed by atoms with van der Waals surface area (Å²) in [6, 6.07) is 5.69. The van der Waals surface area contributed by atoms with Gasteiger partial charge in [-0.1, -0.05) is 17.7 Å². The van der Waals surface area contributed by atoms with Gasteiger partial charge in [0.2, 0.25) is 15.9 Å². The Morgan fingerprint density at radius 2 is 1.82 bits per heavy atom. The Hall–Kier alpha value is -1.15. The lowest BCUT2D eigenvalue weighted by Crippen LogP contribution is -2.46. The maximum absolute atomic E-state index is 12.2. The SMILES string of the molecule is CNCCN(C)C(=O)C(C)NS(=O)(=O)c1ccc(C)cc1.Cl. The first-order valence-corrected chi connectivity index (χ1v) is 8.25. The lowest BCUT2D eigenvalue weighted by molar-refractivity contribution is -0.131. The fraction of sp³-hybridized carbons (Fsp3) is 0.500. The first kappa shape index (κ1) is 20.9. The summed E-state index contributed by atoms with van der Waals surface area (Å²) in [5, 5.41) is 2.94. The highest BCUT2D eigenvalue weighted by molar-refractivity contribution is 7.89. The maximum atomic E-state index is 12.2. The Morgan fingerprint density at radius 3 is 2.32 bits per heavy atom. The van der Waals surface area contributed by atoms with E-state index in [1.807, 2.05) is 6.92 Å². The van der Waals surface area contributed by atoms with E-state index in [4.69, 9.17) is 0 Å². The fourth-order valence-corrected chi connectivity index (χ4v) is 2.99. The summed E-state index contributed by atoms with van der Waals surface area (Å²) < 4.78 is 26.8. The van der Waals surface area contributed by atoms with Crippen molar-refractivity contribution in [2.75, 3.05) is 27.2 Å². The minimum Gasteiger partial charge on any atom is -0.343 e. The molecule has 0 bridgehead atoms. The number of amides is 1. The lowest BCUT2D eigenvalue weighted by atomic mass is 10.2. The Balaban J connectivity index is 0.00000441. The van der Waals surface area contributed by atoms with Crippen molar-refractivity contribution in [1.29, 1.82) is 0 Å². The second kappa shape index (κ2) is 9.09. The van der Waals surface area contributed by atoms with Crippen molar-refractivity contribution in [3.63, 3.8) is 0 Å². The first-order valence-electron chi connectivity index (χ1n) is 6.76. The quantitative estimate of drug-likeness (QED) is 0.762. The van der Waals surface area contributed by atoms with Gasteiger partial charge in [-0.15, -0.1) is 12.4 Å². The van der Waals surface area contributed by atoms with Crippen LogP contribution < -0.4 is 10.0 Å². The van der Waals surface area contributed by atoms with Gasteiger partial charge in [0, 0.05) is 20.1 Å². The molecule has 1 aromatic carbocycles. The third kappa shape index (κ3) is 5.92. The number of sulfonamides is 1. The van der Waals surface area contributed by atoms with E-state index < -0.39 is 16.1 Å². The zero-order valence-corrected chi connectivity index (χ0v) is 14.9. The Kier molecular flexibility index (Phi) is 8.62. The highest BCUT2D eigenvalue weighted by Gasteiger charge is 2.23. The molecule has 0 aromatic heterocycles. The van der Waals surface area contributed by atoms with Crippen molar-refractivity contribution in [1.82, 2.24) is 14.9 Å². The van der Waals surface area contributed by atoms with Gasteiger partial charge in [0.05, 0.1) is 10.9 Å². The number of carbonyl (C=O) groups excluding carboxylic acids is 1. The number of likely N-dealkylation sites (N-methyl/N-ethyl adjacent to an activating group) is 2. The van der Waals surface area contributed by atoms with Gasteiger partial charge in [0.25, 0.3) is 0 Å². The van der Waals surface area contributed by atoms with Crippen LogP contribution in [0.2, 0.25) is 0 Å². The van der Waals surface area contributed by atoms with Gasteiger partial charge in [-0.2, -0.15) is 4.72 Å². The molecule has 0 aliphatic heterocycles. The van der Waals surface area contributed by atoms with Crippen LogP contribution in [0.1, 0.15) is 12.5 Å². The number of aryl methyl sites for hydroxylation is 1. The summed E-state index contributed by atoms with van der Waals surface area (Å²) in [7, 11) is -0.246. The van der Waals surface area contributed by atoms with Crippen molar-refractivity contribution >= 4 is 28.3 Å². The number of benzene rings is 1. The predicted octanol–water partition coefficient (Wildman–Crippen LogP) is 0.761. The molecule has 0 saturated carbocycles. The molecule has 1 amide bonds. The topological polar surface area (TPSA) is 78.5 Å². The van der Waals surface area contributed by atoms with Gasteiger partial charge in [-0.05, 0) is 33.0 Å². The molecule has 0 fully saturated rings. The normalized spacial score (nSPS) is 12.4. The molecule has 0 saturated heterocycles. The third-order valence-corrected chi connectivity index (χ3v) is 4.66. The lowest BCUT2D eigenvalue weighted by Gasteiger charge is -2.22. The summed E-state index contributed by atoms with van der Waals surface area (Å²) in [4.78, 5) is 13.7. The van der Waals surface area contributed by atoms with Gasteiger partial charge < -0.3 is 10.2 Å². The Bertz CT molecular complexity index is 576. The van der Waals surface area contributed by atoms with E-state index in [2.05, 4.69) is 10.0 Å². The number of hydrogen-bond donors (Lipinski definition) is 2. The Labute approximate surface area is 138 Å². The molecule has 2 N–H and O–H groups in total. The summed E-state index contributed by atoms with van der Waals surface area (Å²) in [5.41, 5.74) is 0.977. The third-order valence-electron chi connectivity index (χ3n) is 3.11. The highest BCUT2D eigenvalue weighted by atomic mass is 35.5. The summed E-state index contributed by atoms with van der Waals surface area (Å²) in [5.74, 6) is -0.263. The van der Waals surface area contributed by atoms with Crippen LogP contribution in [0.3, 0.4) is 0 Å². The maximum Gasteiger partial charge on any atom is 0.241 e. The molecule has 126 valence electrons. The molecule has 22 heavy (non-hydrogen) atoms. The van der Waals surface area contributed by atoms with Crippen molar-refractivity contribution in [2.45, 2.75) is 24.8 Å². The molecule has 1 aromatic rings. The molecule has 0 radical (unpaired) electrons. The smallest absolute Gasteiger partial charge is 0.241 e. The summed E-state index contributed by atoms with van der Waals surface area (Å²) in [6.07, 6.45) is 0. The number of carbonyl (C=O) groups is 1. The van der Waals surface area contributed by atoms with E-state index in [0.717, 1.165) is 5.56 Å². The van der Waals surface area contributed by atoms with Crippen LogP contribution >= 0.6 is 12.4 Å². The van der Waals surface area contributed by atoms with Crippen LogP contribution in [0.15, 0.2) is 29.2 Å². The molecule has 1 atom stereocenters. The molecule has 0 aliphatic rings. The zero-order chi connectivity index (χ0) is 16.0. The van der Waals surface area contributed by atoms with E-state index in [9.17, 15) is 13.2 Å². The number of rotatable bonds is 7. The molecule has 0 aliphatic carbocycles. The van der Waals surface area contributed by atoms with Crippen molar-refractivity contribution < 1.29 is 13.2 Å². The van der Waals surface area contributed by atoms with Crippen molar-refractivity contribution in [2.24, 2.45) is 0 Å². The molecule has 1 unspecified atom stereocenters.